The highest BCUT2D eigenvalue weighted by Gasteiger charge is 2.33. The summed E-state index contributed by atoms with van der Waals surface area (Å²) in [6.07, 6.45) is 2.11. The highest BCUT2D eigenvalue weighted by Crippen LogP contribution is 2.38. The summed E-state index contributed by atoms with van der Waals surface area (Å²) in [6.45, 7) is 12.1. The number of rotatable bonds is 7. The number of piperazine rings is 1. The Kier molecular flexibility index (Phi) is 7.22. The second-order valence-corrected chi connectivity index (χ2v) is 9.96. The Hall–Kier alpha value is -3.58. The number of allylic oxidation sites excluding steroid dienone is 1. The number of nitriles is 1. The average Bonchev–Trinajstić information content (AvgIpc) is 3.20. The van der Waals surface area contributed by atoms with Gasteiger partial charge >= 0.3 is 0 Å². The Morgan fingerprint density at radius 1 is 1.39 bits per heavy atom. The molecule has 1 N–H and O–H groups in total. The molecule has 10 heteroatoms. The van der Waals surface area contributed by atoms with Crippen molar-refractivity contribution in [2.24, 2.45) is 0 Å². The first-order valence-electron chi connectivity index (χ1n) is 12.1. The molecule has 0 saturated carbocycles. The standard InChI is InChI=1S/C26H33FN6O3/c1-17-13-31(19(3)20-6-7-22-23(12-20)36-26(4,5)15-35-22)10-11-32(17)24(18(2)27)25-30-21(8-9-28)14-33(25)29-16-34/h6-7,12,14,16-17,19H,8,10-11,13,15H2,1-5H3,(H,29,34)/b24-18-. The van der Waals surface area contributed by atoms with Gasteiger partial charge in [0.2, 0.25) is 6.41 Å². The molecule has 36 heavy (non-hydrogen) atoms. The van der Waals surface area contributed by atoms with E-state index in [1.807, 2.05) is 43.9 Å². The van der Waals surface area contributed by atoms with E-state index in [9.17, 15) is 9.18 Å². The Labute approximate surface area is 211 Å². The number of benzene rings is 1. The molecular formula is C26H33FN6O3. The van der Waals surface area contributed by atoms with E-state index in [-0.39, 0.29) is 29.9 Å². The van der Waals surface area contributed by atoms with Gasteiger partial charge in [-0.1, -0.05) is 6.07 Å². The number of imidazole rings is 1. The summed E-state index contributed by atoms with van der Waals surface area (Å²) in [5.74, 6) is 1.38. The molecule has 1 fully saturated rings. The van der Waals surface area contributed by atoms with Crippen LogP contribution in [0.2, 0.25) is 0 Å². The van der Waals surface area contributed by atoms with Crippen molar-refractivity contribution in [1.29, 1.82) is 5.26 Å². The zero-order chi connectivity index (χ0) is 26.0. The van der Waals surface area contributed by atoms with Gasteiger partial charge in [0.1, 0.15) is 23.7 Å². The largest absolute Gasteiger partial charge is 0.486 e. The number of amides is 1. The van der Waals surface area contributed by atoms with Crippen molar-refractivity contribution in [3.63, 3.8) is 0 Å². The van der Waals surface area contributed by atoms with Crippen LogP contribution in [0.3, 0.4) is 0 Å². The Balaban J connectivity index is 1.53. The number of hydrogen-bond acceptors (Lipinski definition) is 7. The van der Waals surface area contributed by atoms with Gasteiger partial charge in [-0.3, -0.25) is 15.1 Å². The molecular weight excluding hydrogens is 463 g/mol. The molecule has 0 aliphatic carbocycles. The lowest BCUT2D eigenvalue weighted by Crippen LogP contribution is -2.51. The Bertz CT molecular complexity index is 1200. The molecule has 1 aromatic carbocycles. The second kappa shape index (κ2) is 10.2. The number of halogens is 1. The number of fused-ring (bicyclic) bond motifs is 1. The van der Waals surface area contributed by atoms with Crippen molar-refractivity contribution in [2.45, 2.75) is 58.7 Å². The molecule has 1 saturated heterocycles. The average molecular weight is 497 g/mol. The molecule has 9 nitrogen and oxygen atoms in total. The van der Waals surface area contributed by atoms with E-state index >= 15 is 0 Å². The van der Waals surface area contributed by atoms with Gasteiger partial charge in [0, 0.05) is 31.7 Å². The lowest BCUT2D eigenvalue weighted by Gasteiger charge is -2.44. The first-order valence-corrected chi connectivity index (χ1v) is 12.1. The van der Waals surface area contributed by atoms with Gasteiger partial charge < -0.3 is 14.4 Å². The zero-order valence-electron chi connectivity index (χ0n) is 21.4. The molecule has 192 valence electrons. The van der Waals surface area contributed by atoms with Crippen LogP contribution in [0.5, 0.6) is 11.5 Å². The lowest BCUT2D eigenvalue weighted by atomic mass is 10.0. The van der Waals surface area contributed by atoms with Crippen LogP contribution >= 0.6 is 0 Å². The van der Waals surface area contributed by atoms with Crippen LogP contribution in [0.1, 0.15) is 57.7 Å². The number of carbonyl (C=O) groups is 1. The van der Waals surface area contributed by atoms with Gasteiger partial charge in [-0.15, -0.1) is 0 Å². The fourth-order valence-corrected chi connectivity index (χ4v) is 4.84. The van der Waals surface area contributed by atoms with Gasteiger partial charge in [-0.05, 0) is 52.3 Å². The van der Waals surface area contributed by atoms with Gasteiger partial charge in [-0.2, -0.15) is 5.26 Å². The maximum Gasteiger partial charge on any atom is 0.226 e. The van der Waals surface area contributed by atoms with E-state index < -0.39 is 5.83 Å². The summed E-state index contributed by atoms with van der Waals surface area (Å²) in [6, 6.07) is 8.21. The SMILES string of the molecule is C/C(F)=C(\c1nc(CC#N)cn1NC=O)N1CCN(C(C)c2ccc3c(c2)OC(C)(C)CO3)CC1C. The van der Waals surface area contributed by atoms with Crippen molar-refractivity contribution in [3.8, 4) is 17.6 Å². The minimum Gasteiger partial charge on any atom is -0.486 e. The molecule has 1 aromatic heterocycles. The molecule has 4 rings (SSSR count). The van der Waals surface area contributed by atoms with E-state index in [0.29, 0.717) is 44.0 Å². The van der Waals surface area contributed by atoms with Crippen molar-refractivity contribution in [2.75, 3.05) is 31.7 Å². The topological polar surface area (TPSA) is 95.7 Å². The molecule has 0 radical (unpaired) electrons. The van der Waals surface area contributed by atoms with Crippen LogP contribution in [0.25, 0.3) is 5.70 Å². The van der Waals surface area contributed by atoms with Crippen molar-refractivity contribution in [1.82, 2.24) is 19.5 Å². The first kappa shape index (κ1) is 25.5. The number of nitrogens with zero attached hydrogens (tertiary/aromatic N) is 5. The van der Waals surface area contributed by atoms with Crippen LogP contribution in [-0.2, 0) is 11.2 Å². The van der Waals surface area contributed by atoms with E-state index in [4.69, 9.17) is 14.7 Å². The Morgan fingerprint density at radius 3 is 2.83 bits per heavy atom. The van der Waals surface area contributed by atoms with Crippen LogP contribution in [0, 0.1) is 11.3 Å². The second-order valence-electron chi connectivity index (χ2n) is 9.96. The Morgan fingerprint density at radius 2 is 2.17 bits per heavy atom. The van der Waals surface area contributed by atoms with Gasteiger partial charge in [-0.25, -0.2) is 14.1 Å². The van der Waals surface area contributed by atoms with Crippen LogP contribution < -0.4 is 14.9 Å². The minimum atomic E-state index is -0.402. The summed E-state index contributed by atoms with van der Waals surface area (Å²) in [7, 11) is 0. The minimum absolute atomic E-state index is 0.0289. The van der Waals surface area contributed by atoms with Gasteiger partial charge in [0.25, 0.3) is 0 Å². The van der Waals surface area contributed by atoms with Crippen LogP contribution in [-0.4, -0.2) is 63.8 Å². The highest BCUT2D eigenvalue weighted by molar-refractivity contribution is 5.64. The summed E-state index contributed by atoms with van der Waals surface area (Å²) >= 11 is 0. The monoisotopic (exact) mass is 496 g/mol. The summed E-state index contributed by atoms with van der Waals surface area (Å²) in [5, 5.41) is 9.05. The molecule has 0 spiro atoms. The van der Waals surface area contributed by atoms with E-state index in [2.05, 4.69) is 28.3 Å². The highest BCUT2D eigenvalue weighted by atomic mass is 19.1. The van der Waals surface area contributed by atoms with E-state index in [1.54, 1.807) is 6.20 Å². The maximum absolute atomic E-state index is 14.9. The molecule has 2 aliphatic heterocycles. The third-order valence-corrected chi connectivity index (χ3v) is 6.65. The fourth-order valence-electron chi connectivity index (χ4n) is 4.84. The van der Waals surface area contributed by atoms with Crippen molar-refractivity contribution < 1.29 is 18.7 Å². The predicted molar refractivity (Wildman–Crippen MR) is 133 cm³/mol. The smallest absolute Gasteiger partial charge is 0.226 e. The fraction of sp³-hybridized carbons (Fsp3) is 0.500. The zero-order valence-corrected chi connectivity index (χ0v) is 21.4. The van der Waals surface area contributed by atoms with Crippen LogP contribution in [0.15, 0.2) is 30.2 Å². The van der Waals surface area contributed by atoms with Gasteiger partial charge in [0.15, 0.2) is 17.3 Å². The third kappa shape index (κ3) is 5.16. The summed E-state index contributed by atoms with van der Waals surface area (Å²) in [5.41, 5.74) is 4.05. The summed E-state index contributed by atoms with van der Waals surface area (Å²) < 4.78 is 28.3. The number of aromatic nitrogens is 2. The molecule has 0 bridgehead atoms. The molecule has 2 atom stereocenters. The van der Waals surface area contributed by atoms with Crippen molar-refractivity contribution in [3.05, 3.63) is 47.3 Å². The molecule has 1 amide bonds. The van der Waals surface area contributed by atoms with E-state index in [1.165, 1.54) is 11.6 Å². The van der Waals surface area contributed by atoms with Crippen LogP contribution in [0.4, 0.5) is 4.39 Å². The normalized spacial score (nSPS) is 20.8. The lowest BCUT2D eigenvalue weighted by molar-refractivity contribution is -0.106. The van der Waals surface area contributed by atoms with E-state index in [0.717, 1.165) is 17.1 Å². The van der Waals surface area contributed by atoms with Gasteiger partial charge in [0.05, 0.1) is 24.4 Å². The number of ether oxygens (including phenoxy) is 2. The third-order valence-electron chi connectivity index (χ3n) is 6.65. The number of nitrogens with one attached hydrogen (secondary N) is 1. The number of carbonyl (C=O) groups excluding carboxylic acids is 1. The predicted octanol–water partition coefficient (Wildman–Crippen LogP) is 3.62. The molecule has 2 unspecified atom stereocenters. The van der Waals surface area contributed by atoms with Crippen molar-refractivity contribution >= 4 is 12.1 Å². The summed E-state index contributed by atoms with van der Waals surface area (Å²) in [4.78, 5) is 19.9. The number of hydrogen-bond donors (Lipinski definition) is 1. The molecule has 2 aromatic rings. The first-order chi connectivity index (χ1) is 17.1. The molecule has 2 aliphatic rings. The maximum atomic E-state index is 14.9. The molecule has 3 heterocycles. The quantitative estimate of drug-likeness (QED) is 0.585.